The third-order valence-corrected chi connectivity index (χ3v) is 6.79. The van der Waals surface area contributed by atoms with E-state index in [1.54, 1.807) is 46.6 Å². The number of likely N-dealkylation sites (N-methyl/N-ethyl adjacent to an activating group) is 2. The lowest BCUT2D eigenvalue weighted by Crippen LogP contribution is -2.32. The van der Waals surface area contributed by atoms with Crippen LogP contribution in [0.25, 0.3) is 0 Å². The number of nitrogens with zero attached hydrogens (tertiary/aromatic N) is 2. The summed E-state index contributed by atoms with van der Waals surface area (Å²) >= 11 is 3.27. The van der Waals surface area contributed by atoms with Gasteiger partial charge in [0.05, 0.1) is 23.2 Å². The predicted molar refractivity (Wildman–Crippen MR) is 90.4 cm³/mol. The Morgan fingerprint density at radius 1 is 0.818 bits per heavy atom. The summed E-state index contributed by atoms with van der Waals surface area (Å²) in [6, 6.07) is 4.09. The molecule has 2 aliphatic heterocycles. The van der Waals surface area contributed by atoms with E-state index >= 15 is 0 Å². The Labute approximate surface area is 137 Å². The molecule has 4 heterocycles. The molecule has 0 bridgehead atoms. The summed E-state index contributed by atoms with van der Waals surface area (Å²) in [7, 11) is 3.61. The van der Waals surface area contributed by atoms with Crippen molar-refractivity contribution in [2.45, 2.75) is 25.7 Å². The van der Waals surface area contributed by atoms with Gasteiger partial charge in [-0.3, -0.25) is 9.59 Å². The zero-order valence-electron chi connectivity index (χ0n) is 12.8. The maximum Gasteiger partial charge on any atom is 0.236 e. The second kappa shape index (κ2) is 4.43. The Kier molecular flexibility index (Phi) is 2.81. The molecule has 6 heteroatoms. The van der Waals surface area contributed by atoms with E-state index in [0.717, 1.165) is 21.1 Å². The standard InChI is InChI=1S/C16H16N2O2S2/c1-7-5-9-13(21-7)11(15(19)17(9)3)12-14-10(6-8(2)22-14)18(4)16(12)20/h5-6,11-12H,1-4H3. The minimum atomic E-state index is -0.368. The summed E-state index contributed by atoms with van der Waals surface area (Å²) in [5, 5.41) is 0. The highest BCUT2D eigenvalue weighted by Crippen LogP contribution is 2.54. The zero-order valence-corrected chi connectivity index (χ0v) is 14.5. The first kappa shape index (κ1) is 14.0. The highest BCUT2D eigenvalue weighted by Gasteiger charge is 2.50. The Hall–Kier alpha value is -1.66. The number of carbonyl (C=O) groups is 2. The first-order valence-corrected chi connectivity index (χ1v) is 8.79. The molecule has 2 unspecified atom stereocenters. The van der Waals surface area contributed by atoms with Crippen molar-refractivity contribution in [2.75, 3.05) is 23.9 Å². The van der Waals surface area contributed by atoms with Gasteiger partial charge in [-0.15, -0.1) is 22.7 Å². The lowest BCUT2D eigenvalue weighted by Gasteiger charge is -2.18. The van der Waals surface area contributed by atoms with Crippen LogP contribution in [-0.2, 0) is 9.59 Å². The molecule has 0 saturated heterocycles. The van der Waals surface area contributed by atoms with Crippen LogP contribution >= 0.6 is 22.7 Å². The summed E-state index contributed by atoms with van der Waals surface area (Å²) in [6.45, 7) is 4.09. The van der Waals surface area contributed by atoms with Crippen LogP contribution in [0.3, 0.4) is 0 Å². The van der Waals surface area contributed by atoms with Crippen molar-refractivity contribution in [3.8, 4) is 0 Å². The van der Waals surface area contributed by atoms with E-state index in [1.165, 1.54) is 9.75 Å². The third kappa shape index (κ3) is 1.62. The lowest BCUT2D eigenvalue weighted by molar-refractivity contribution is -0.125. The number of anilines is 2. The van der Waals surface area contributed by atoms with Crippen LogP contribution in [0.1, 0.15) is 31.3 Å². The Bertz CT molecular complexity index is 752. The van der Waals surface area contributed by atoms with Gasteiger partial charge in [-0.05, 0) is 26.0 Å². The summed E-state index contributed by atoms with van der Waals surface area (Å²) < 4.78 is 0. The van der Waals surface area contributed by atoms with E-state index in [2.05, 4.69) is 0 Å². The number of hydrogen-bond acceptors (Lipinski definition) is 4. The third-order valence-electron chi connectivity index (χ3n) is 4.54. The number of fused-ring (bicyclic) bond motifs is 2. The molecular weight excluding hydrogens is 316 g/mol. The Balaban J connectivity index is 1.88. The minimum absolute atomic E-state index is 0.0342. The molecule has 2 aromatic heterocycles. The molecule has 2 aliphatic rings. The van der Waals surface area contributed by atoms with Crippen LogP contribution in [0.15, 0.2) is 12.1 Å². The molecule has 114 valence electrons. The van der Waals surface area contributed by atoms with E-state index in [9.17, 15) is 9.59 Å². The van der Waals surface area contributed by atoms with E-state index in [0.29, 0.717) is 0 Å². The smallest absolute Gasteiger partial charge is 0.236 e. The topological polar surface area (TPSA) is 40.6 Å². The summed E-state index contributed by atoms with van der Waals surface area (Å²) in [5.74, 6) is -0.667. The van der Waals surface area contributed by atoms with Crippen LogP contribution in [0.2, 0.25) is 0 Å². The average Bonchev–Trinajstić information content (AvgIpc) is 3.13. The molecular formula is C16H16N2O2S2. The van der Waals surface area contributed by atoms with Gasteiger partial charge in [0.15, 0.2) is 0 Å². The van der Waals surface area contributed by atoms with Gasteiger partial charge in [-0.2, -0.15) is 0 Å². The molecule has 0 aromatic carbocycles. The fourth-order valence-electron chi connectivity index (χ4n) is 3.47. The van der Waals surface area contributed by atoms with Gasteiger partial charge >= 0.3 is 0 Å². The number of carbonyl (C=O) groups excluding carboxylic acids is 2. The Morgan fingerprint density at radius 2 is 1.18 bits per heavy atom. The van der Waals surface area contributed by atoms with Gasteiger partial charge in [0.2, 0.25) is 11.8 Å². The number of rotatable bonds is 1. The van der Waals surface area contributed by atoms with Crippen molar-refractivity contribution in [1.82, 2.24) is 0 Å². The first-order valence-electron chi connectivity index (χ1n) is 7.16. The summed E-state index contributed by atoms with van der Waals surface area (Å²) in [4.78, 5) is 33.3. The molecule has 22 heavy (non-hydrogen) atoms. The molecule has 0 saturated carbocycles. The molecule has 2 atom stereocenters. The fraction of sp³-hybridized carbons (Fsp3) is 0.375. The number of amides is 2. The van der Waals surface area contributed by atoms with Crippen molar-refractivity contribution in [1.29, 1.82) is 0 Å². The molecule has 0 radical (unpaired) electrons. The van der Waals surface area contributed by atoms with Crippen molar-refractivity contribution < 1.29 is 9.59 Å². The lowest BCUT2D eigenvalue weighted by atomic mass is 9.91. The highest BCUT2D eigenvalue weighted by atomic mass is 32.1. The number of thiophene rings is 2. The van der Waals surface area contributed by atoms with Crippen molar-refractivity contribution in [3.05, 3.63) is 31.6 Å². The molecule has 4 nitrogen and oxygen atoms in total. The second-order valence-electron chi connectivity index (χ2n) is 5.96. The molecule has 0 aliphatic carbocycles. The average molecular weight is 332 g/mol. The normalized spacial score (nSPS) is 23.5. The molecule has 0 fully saturated rings. The number of hydrogen-bond donors (Lipinski definition) is 0. The largest absolute Gasteiger partial charge is 0.314 e. The van der Waals surface area contributed by atoms with Crippen LogP contribution in [0, 0.1) is 13.8 Å². The van der Waals surface area contributed by atoms with Crippen LogP contribution in [0.4, 0.5) is 11.4 Å². The van der Waals surface area contributed by atoms with Gasteiger partial charge in [-0.25, -0.2) is 0 Å². The maximum absolute atomic E-state index is 12.8. The van der Waals surface area contributed by atoms with Gasteiger partial charge in [0.1, 0.15) is 0 Å². The summed E-state index contributed by atoms with van der Waals surface area (Å²) in [6.07, 6.45) is 0. The first-order chi connectivity index (χ1) is 10.4. The van der Waals surface area contributed by atoms with Crippen molar-refractivity contribution >= 4 is 45.9 Å². The van der Waals surface area contributed by atoms with E-state index < -0.39 is 0 Å². The van der Waals surface area contributed by atoms with Crippen LogP contribution < -0.4 is 9.80 Å². The predicted octanol–water partition coefficient (Wildman–Crippen LogP) is 3.25. The van der Waals surface area contributed by atoms with Crippen molar-refractivity contribution in [2.24, 2.45) is 0 Å². The second-order valence-corrected chi connectivity index (χ2v) is 8.54. The van der Waals surface area contributed by atoms with Gasteiger partial charge in [0.25, 0.3) is 0 Å². The molecule has 2 aromatic rings. The molecule has 4 rings (SSSR count). The van der Waals surface area contributed by atoms with Gasteiger partial charge < -0.3 is 9.80 Å². The van der Waals surface area contributed by atoms with Crippen LogP contribution in [-0.4, -0.2) is 25.9 Å². The van der Waals surface area contributed by atoms with E-state index in [-0.39, 0.29) is 23.7 Å². The number of aryl methyl sites for hydroxylation is 2. The zero-order chi connectivity index (χ0) is 15.8. The summed E-state index contributed by atoms with van der Waals surface area (Å²) in [5.41, 5.74) is 1.93. The SMILES string of the molecule is Cc1cc2c(s1)C(C1C(=O)N(C)c3cc(C)sc31)C(=O)N2C. The molecule has 0 N–H and O–H groups in total. The van der Waals surface area contributed by atoms with Gasteiger partial charge in [-0.1, -0.05) is 0 Å². The molecule has 2 amide bonds. The van der Waals surface area contributed by atoms with E-state index in [1.807, 2.05) is 26.0 Å². The molecule has 0 spiro atoms. The van der Waals surface area contributed by atoms with Crippen molar-refractivity contribution in [3.63, 3.8) is 0 Å². The highest BCUT2D eigenvalue weighted by molar-refractivity contribution is 7.13. The maximum atomic E-state index is 12.8. The van der Waals surface area contributed by atoms with Crippen LogP contribution in [0.5, 0.6) is 0 Å². The quantitative estimate of drug-likeness (QED) is 0.804. The van der Waals surface area contributed by atoms with Gasteiger partial charge in [0, 0.05) is 33.6 Å². The van der Waals surface area contributed by atoms with E-state index in [4.69, 9.17) is 0 Å². The minimum Gasteiger partial charge on any atom is -0.314 e. The monoisotopic (exact) mass is 332 g/mol. The Morgan fingerprint density at radius 3 is 1.55 bits per heavy atom. The fourth-order valence-corrected chi connectivity index (χ4v) is 5.84.